The van der Waals surface area contributed by atoms with Crippen molar-refractivity contribution in [2.75, 3.05) is 6.61 Å². The number of carboxylic acids is 1. The predicted octanol–water partition coefficient (Wildman–Crippen LogP) is 6.35. The largest absolute Gasteiger partial charge is 0.490 e. The second-order valence-electron chi connectivity index (χ2n) is 8.05. The number of aliphatic carboxylic acids is 1. The Bertz CT molecular complexity index is 1320. The molecule has 6 nitrogen and oxygen atoms in total. The van der Waals surface area contributed by atoms with Crippen LogP contribution in [0.1, 0.15) is 23.6 Å². The Hall–Kier alpha value is -3.00. The number of carbonyl (C=O) groups is 1. The van der Waals surface area contributed by atoms with Gasteiger partial charge in [0.25, 0.3) is 0 Å². The maximum Gasteiger partial charge on any atom is 0.321 e. The van der Waals surface area contributed by atoms with Gasteiger partial charge in [0.05, 0.1) is 11.1 Å². The molecule has 0 aliphatic carbocycles. The summed E-state index contributed by atoms with van der Waals surface area (Å²) in [4.78, 5) is 15.2. The first-order valence-electron chi connectivity index (χ1n) is 11.3. The second-order valence-corrected chi connectivity index (χ2v) is 9.31. The Kier molecular flexibility index (Phi) is 8.33. The van der Waals surface area contributed by atoms with Gasteiger partial charge in [0.1, 0.15) is 12.6 Å². The Labute approximate surface area is 217 Å². The topological polar surface area (TPSA) is 83.6 Å². The molecule has 1 atom stereocenters. The third kappa shape index (κ3) is 6.17. The lowest BCUT2D eigenvalue weighted by atomic mass is 10.0. The third-order valence-electron chi connectivity index (χ3n) is 5.65. The van der Waals surface area contributed by atoms with E-state index >= 15 is 0 Å². The van der Waals surface area contributed by atoms with E-state index in [9.17, 15) is 9.90 Å². The van der Waals surface area contributed by atoms with Crippen molar-refractivity contribution in [1.29, 1.82) is 0 Å². The van der Waals surface area contributed by atoms with Crippen LogP contribution in [-0.4, -0.2) is 28.7 Å². The first-order chi connectivity index (χ1) is 17.0. The van der Waals surface area contributed by atoms with Crippen LogP contribution in [0.2, 0.25) is 5.02 Å². The number of nitrogens with one attached hydrogen (secondary N) is 2. The van der Waals surface area contributed by atoms with Crippen molar-refractivity contribution in [2.45, 2.75) is 32.5 Å². The van der Waals surface area contributed by atoms with Gasteiger partial charge in [0, 0.05) is 40.7 Å². The molecule has 4 rings (SSSR count). The van der Waals surface area contributed by atoms with Gasteiger partial charge in [-0.2, -0.15) is 0 Å². The molecule has 0 aliphatic rings. The number of hydrogen-bond acceptors (Lipinski definition) is 4. The molecule has 0 spiro atoms. The second kappa shape index (κ2) is 11.6. The van der Waals surface area contributed by atoms with Crippen LogP contribution in [-0.2, 0) is 24.4 Å². The summed E-state index contributed by atoms with van der Waals surface area (Å²) in [5.41, 5.74) is 3.69. The van der Waals surface area contributed by atoms with E-state index in [1.807, 2.05) is 73.8 Å². The van der Waals surface area contributed by atoms with E-state index in [4.69, 9.17) is 21.1 Å². The molecule has 35 heavy (non-hydrogen) atoms. The number of ether oxygens (including phenoxy) is 2. The van der Waals surface area contributed by atoms with Crippen molar-refractivity contribution in [3.05, 3.63) is 93.0 Å². The zero-order valence-corrected chi connectivity index (χ0v) is 21.5. The van der Waals surface area contributed by atoms with Crippen LogP contribution in [0, 0.1) is 0 Å². The normalized spacial score (nSPS) is 12.0. The van der Waals surface area contributed by atoms with Crippen molar-refractivity contribution in [2.24, 2.45) is 0 Å². The van der Waals surface area contributed by atoms with E-state index < -0.39 is 12.0 Å². The van der Waals surface area contributed by atoms with Crippen LogP contribution in [0.4, 0.5) is 0 Å². The van der Waals surface area contributed by atoms with Crippen LogP contribution >= 0.6 is 27.5 Å². The van der Waals surface area contributed by atoms with Crippen molar-refractivity contribution in [3.8, 4) is 11.5 Å². The number of benzene rings is 3. The minimum atomic E-state index is -0.904. The van der Waals surface area contributed by atoms with Crippen molar-refractivity contribution < 1.29 is 19.4 Å². The van der Waals surface area contributed by atoms with Gasteiger partial charge >= 0.3 is 5.97 Å². The van der Waals surface area contributed by atoms with Crippen molar-refractivity contribution in [1.82, 2.24) is 10.3 Å². The number of hydrogen-bond donors (Lipinski definition) is 3. The van der Waals surface area contributed by atoms with Gasteiger partial charge in [0.2, 0.25) is 0 Å². The lowest BCUT2D eigenvalue weighted by Gasteiger charge is -2.18. The maximum atomic E-state index is 12.0. The Morgan fingerprint density at radius 2 is 1.89 bits per heavy atom. The SMILES string of the molecule is CCOc1cc(CN[C@@H](Cc2c[nH]c3ccccc23)C(=O)O)cc(Br)c1OCc1ccccc1Cl. The molecule has 1 aromatic heterocycles. The molecule has 0 saturated heterocycles. The smallest absolute Gasteiger partial charge is 0.321 e. The maximum absolute atomic E-state index is 12.0. The zero-order chi connectivity index (χ0) is 24.8. The summed E-state index contributed by atoms with van der Waals surface area (Å²) in [5, 5.41) is 14.7. The summed E-state index contributed by atoms with van der Waals surface area (Å²) in [6.45, 7) is 3.01. The standard InChI is InChI=1S/C27H26BrClN2O4/c1-2-34-25-12-17(11-21(28)26(25)35-16-18-7-3-5-9-22(18)29)14-30-24(27(32)33)13-19-15-31-23-10-6-4-8-20(19)23/h3-12,15,24,30-31H,2,13-14,16H2,1H3,(H,32,33)/t24-/m0/s1. The van der Waals surface area contributed by atoms with E-state index in [0.717, 1.165) is 32.1 Å². The summed E-state index contributed by atoms with van der Waals surface area (Å²) >= 11 is 9.84. The molecule has 1 heterocycles. The molecule has 0 bridgehead atoms. The molecule has 0 radical (unpaired) electrons. The number of aromatic nitrogens is 1. The Balaban J connectivity index is 1.48. The number of fused-ring (bicyclic) bond motifs is 1. The summed E-state index contributed by atoms with van der Waals surface area (Å²) in [6.07, 6.45) is 2.23. The van der Waals surface area contributed by atoms with Crippen LogP contribution in [0.5, 0.6) is 11.5 Å². The third-order valence-corrected chi connectivity index (χ3v) is 6.61. The lowest BCUT2D eigenvalue weighted by molar-refractivity contribution is -0.139. The molecule has 0 fully saturated rings. The van der Waals surface area contributed by atoms with E-state index in [2.05, 4.69) is 26.2 Å². The quantitative estimate of drug-likeness (QED) is 0.200. The van der Waals surface area contributed by atoms with Crippen molar-refractivity contribution in [3.63, 3.8) is 0 Å². The molecule has 182 valence electrons. The van der Waals surface area contributed by atoms with Crippen LogP contribution < -0.4 is 14.8 Å². The molecule has 4 aromatic rings. The van der Waals surface area contributed by atoms with Gasteiger partial charge in [-0.3, -0.25) is 4.79 Å². The van der Waals surface area contributed by atoms with Gasteiger partial charge < -0.3 is 24.9 Å². The number of halogens is 2. The van der Waals surface area contributed by atoms with Gasteiger partial charge in [0.15, 0.2) is 11.5 Å². The van der Waals surface area contributed by atoms with Crippen LogP contribution in [0.3, 0.4) is 0 Å². The fourth-order valence-electron chi connectivity index (χ4n) is 3.90. The average molecular weight is 558 g/mol. The lowest BCUT2D eigenvalue weighted by Crippen LogP contribution is -2.38. The summed E-state index contributed by atoms with van der Waals surface area (Å²) < 4.78 is 12.6. The van der Waals surface area contributed by atoms with Gasteiger partial charge in [-0.1, -0.05) is 48.0 Å². The van der Waals surface area contributed by atoms with Crippen molar-refractivity contribution >= 4 is 44.4 Å². The average Bonchev–Trinajstić information content (AvgIpc) is 3.25. The minimum Gasteiger partial charge on any atom is -0.490 e. The molecule has 0 amide bonds. The van der Waals surface area contributed by atoms with Gasteiger partial charge in [-0.25, -0.2) is 0 Å². The fraction of sp³-hybridized carbons (Fsp3) is 0.222. The highest BCUT2D eigenvalue weighted by Crippen LogP contribution is 2.38. The summed E-state index contributed by atoms with van der Waals surface area (Å²) in [6, 6.07) is 18.4. The summed E-state index contributed by atoms with van der Waals surface area (Å²) in [7, 11) is 0. The number of rotatable bonds is 11. The number of H-pyrrole nitrogens is 1. The Morgan fingerprint density at radius 1 is 1.11 bits per heavy atom. The molecular weight excluding hydrogens is 532 g/mol. The number of para-hydroxylation sites is 1. The monoisotopic (exact) mass is 556 g/mol. The van der Waals surface area contributed by atoms with Crippen LogP contribution in [0.15, 0.2) is 71.3 Å². The highest BCUT2D eigenvalue weighted by atomic mass is 79.9. The van der Waals surface area contributed by atoms with E-state index in [1.165, 1.54) is 0 Å². The molecule has 0 saturated carbocycles. The van der Waals surface area contributed by atoms with Gasteiger partial charge in [-0.15, -0.1) is 0 Å². The van der Waals surface area contributed by atoms with E-state index in [-0.39, 0.29) is 0 Å². The molecule has 3 aromatic carbocycles. The van der Waals surface area contributed by atoms with Gasteiger partial charge in [-0.05, 0) is 58.2 Å². The molecule has 8 heteroatoms. The number of aromatic amines is 1. The molecular formula is C27H26BrClN2O4. The first-order valence-corrected chi connectivity index (χ1v) is 12.5. The zero-order valence-electron chi connectivity index (χ0n) is 19.2. The fourth-order valence-corrected chi connectivity index (χ4v) is 4.69. The van der Waals surface area contributed by atoms with E-state index in [0.29, 0.717) is 42.7 Å². The minimum absolute atomic E-state index is 0.293. The van der Waals surface area contributed by atoms with Crippen LogP contribution in [0.25, 0.3) is 10.9 Å². The molecule has 0 unspecified atom stereocenters. The number of carboxylic acid groups (broad SMARTS) is 1. The highest BCUT2D eigenvalue weighted by Gasteiger charge is 2.20. The highest BCUT2D eigenvalue weighted by molar-refractivity contribution is 9.10. The molecule has 0 aliphatic heterocycles. The summed E-state index contributed by atoms with van der Waals surface area (Å²) in [5.74, 6) is 0.248. The predicted molar refractivity (Wildman–Crippen MR) is 141 cm³/mol. The first kappa shape index (κ1) is 25.1. The Morgan fingerprint density at radius 3 is 2.66 bits per heavy atom. The van der Waals surface area contributed by atoms with E-state index in [1.54, 1.807) is 0 Å². The molecule has 3 N–H and O–H groups in total.